The molecule has 0 radical (unpaired) electrons. The topological polar surface area (TPSA) is 67.4 Å². The summed E-state index contributed by atoms with van der Waals surface area (Å²) in [6, 6.07) is 1.87. The number of likely N-dealkylation sites (tertiary alicyclic amines) is 1. The van der Waals surface area contributed by atoms with E-state index in [4.69, 9.17) is 4.74 Å². The Kier molecular flexibility index (Phi) is 5.64. The van der Waals surface area contributed by atoms with Crippen LogP contribution in [0.2, 0.25) is 0 Å². The Labute approximate surface area is 125 Å². The molecule has 6 nitrogen and oxygen atoms in total. The number of piperidine rings is 1. The maximum atomic E-state index is 11.8. The van der Waals surface area contributed by atoms with Crippen LogP contribution in [0.15, 0.2) is 12.3 Å². The molecule has 2 unspecified atom stereocenters. The molecule has 1 aliphatic heterocycles. The summed E-state index contributed by atoms with van der Waals surface area (Å²) in [6.45, 7) is 4.20. The molecule has 1 fully saturated rings. The van der Waals surface area contributed by atoms with Gasteiger partial charge in [0.2, 0.25) is 5.91 Å². The van der Waals surface area contributed by atoms with E-state index >= 15 is 0 Å². The van der Waals surface area contributed by atoms with Crippen LogP contribution in [0.5, 0.6) is 0 Å². The van der Waals surface area contributed by atoms with Gasteiger partial charge in [0.15, 0.2) is 5.82 Å². The molecule has 1 aromatic rings. The molecule has 0 spiro atoms. The minimum atomic E-state index is -0.0990. The Bertz CT molecular complexity index is 480. The molecule has 0 aromatic carbocycles. The average molecular weight is 292 g/mol. The van der Waals surface area contributed by atoms with Crippen LogP contribution >= 0.6 is 0 Å². The van der Waals surface area contributed by atoms with Gasteiger partial charge in [-0.05, 0) is 32.4 Å². The summed E-state index contributed by atoms with van der Waals surface area (Å²) in [6.07, 6.45) is 3.97. The molecule has 1 aliphatic rings. The summed E-state index contributed by atoms with van der Waals surface area (Å²) in [5.41, 5.74) is 1.05. The molecule has 1 N–H and O–H groups in total. The van der Waals surface area contributed by atoms with E-state index in [1.54, 1.807) is 20.4 Å². The largest absolute Gasteiger partial charge is 0.377 e. The third-order valence-corrected chi connectivity index (χ3v) is 4.05. The van der Waals surface area contributed by atoms with Gasteiger partial charge in [-0.2, -0.15) is 0 Å². The molecular formula is C15H24N4O2. The fourth-order valence-electron chi connectivity index (χ4n) is 2.82. The molecule has 1 amide bonds. The number of hydrogen-bond donors (Lipinski definition) is 1. The third-order valence-electron chi connectivity index (χ3n) is 4.05. The van der Waals surface area contributed by atoms with E-state index in [1.165, 1.54) is 0 Å². The number of nitrogens with one attached hydrogen (secondary N) is 1. The van der Waals surface area contributed by atoms with Crippen molar-refractivity contribution in [3.8, 4) is 0 Å². The highest BCUT2D eigenvalue weighted by atomic mass is 16.5. The van der Waals surface area contributed by atoms with Crippen LogP contribution in [0.1, 0.15) is 37.2 Å². The van der Waals surface area contributed by atoms with Gasteiger partial charge in [-0.1, -0.05) is 0 Å². The number of rotatable bonds is 5. The summed E-state index contributed by atoms with van der Waals surface area (Å²) in [7, 11) is 3.32. The summed E-state index contributed by atoms with van der Waals surface area (Å²) in [5, 5.41) is 2.72. The molecule has 2 rings (SSSR count). The fraction of sp³-hybridized carbons (Fsp3) is 0.667. The predicted octanol–water partition coefficient (Wildman–Crippen LogP) is 0.937. The maximum absolute atomic E-state index is 11.8. The minimum Gasteiger partial charge on any atom is -0.377 e. The fourth-order valence-corrected chi connectivity index (χ4v) is 2.82. The average Bonchev–Trinajstić information content (AvgIpc) is 2.54. The van der Waals surface area contributed by atoms with Gasteiger partial charge >= 0.3 is 0 Å². The van der Waals surface area contributed by atoms with Gasteiger partial charge in [-0.3, -0.25) is 9.69 Å². The molecule has 1 saturated heterocycles. The molecule has 116 valence electrons. The highest BCUT2D eigenvalue weighted by Gasteiger charge is 2.28. The Morgan fingerprint density at radius 2 is 2.43 bits per heavy atom. The zero-order valence-electron chi connectivity index (χ0n) is 13.0. The highest BCUT2D eigenvalue weighted by Crippen LogP contribution is 2.26. The van der Waals surface area contributed by atoms with Crippen molar-refractivity contribution in [3.63, 3.8) is 0 Å². The summed E-state index contributed by atoms with van der Waals surface area (Å²) < 4.78 is 5.09. The second-order valence-electron chi connectivity index (χ2n) is 5.46. The first-order valence-corrected chi connectivity index (χ1v) is 7.42. The summed E-state index contributed by atoms with van der Waals surface area (Å²) >= 11 is 0. The smallest absolute Gasteiger partial charge is 0.236 e. The zero-order chi connectivity index (χ0) is 15.2. The van der Waals surface area contributed by atoms with Crippen LogP contribution in [0.25, 0.3) is 0 Å². The lowest BCUT2D eigenvalue weighted by molar-refractivity contribution is -0.125. The van der Waals surface area contributed by atoms with Gasteiger partial charge in [0.1, 0.15) is 6.61 Å². The number of nitrogens with zero attached hydrogens (tertiary/aromatic N) is 3. The van der Waals surface area contributed by atoms with Gasteiger partial charge < -0.3 is 10.1 Å². The zero-order valence-corrected chi connectivity index (χ0v) is 13.0. The van der Waals surface area contributed by atoms with E-state index in [0.717, 1.165) is 31.6 Å². The van der Waals surface area contributed by atoms with E-state index in [9.17, 15) is 4.79 Å². The lowest BCUT2D eigenvalue weighted by atomic mass is 9.93. The van der Waals surface area contributed by atoms with E-state index in [2.05, 4.69) is 20.2 Å². The lowest BCUT2D eigenvalue weighted by Gasteiger charge is -2.35. The number of aromatic nitrogens is 2. The quantitative estimate of drug-likeness (QED) is 0.874. The van der Waals surface area contributed by atoms with Gasteiger partial charge in [-0.15, -0.1) is 0 Å². The van der Waals surface area contributed by atoms with Gasteiger partial charge in [-0.25, -0.2) is 9.97 Å². The number of carbonyl (C=O) groups excluding carboxylic acids is 1. The molecule has 2 heterocycles. The predicted molar refractivity (Wildman–Crippen MR) is 79.8 cm³/mol. The van der Waals surface area contributed by atoms with Crippen LogP contribution in [-0.2, 0) is 16.1 Å². The van der Waals surface area contributed by atoms with Crippen molar-refractivity contribution in [1.29, 1.82) is 0 Å². The number of hydrogen-bond acceptors (Lipinski definition) is 5. The van der Waals surface area contributed by atoms with Crippen LogP contribution in [0, 0.1) is 0 Å². The van der Waals surface area contributed by atoms with Gasteiger partial charge in [0.25, 0.3) is 0 Å². The van der Waals surface area contributed by atoms with Crippen molar-refractivity contribution in [2.75, 3.05) is 27.2 Å². The number of amides is 1. The van der Waals surface area contributed by atoms with Crippen LogP contribution in [0.3, 0.4) is 0 Å². The molecule has 1 aromatic heterocycles. The van der Waals surface area contributed by atoms with Crippen molar-refractivity contribution in [1.82, 2.24) is 20.2 Å². The third kappa shape index (κ3) is 3.98. The van der Waals surface area contributed by atoms with Crippen molar-refractivity contribution in [2.45, 2.75) is 38.3 Å². The van der Waals surface area contributed by atoms with Crippen molar-refractivity contribution < 1.29 is 9.53 Å². The second-order valence-corrected chi connectivity index (χ2v) is 5.46. The minimum absolute atomic E-state index is 0.0680. The molecular weight excluding hydrogens is 268 g/mol. The number of likely N-dealkylation sites (N-methyl/N-ethyl adjacent to an activating group) is 1. The van der Waals surface area contributed by atoms with Gasteiger partial charge in [0.05, 0.1) is 6.04 Å². The van der Waals surface area contributed by atoms with E-state index in [1.807, 2.05) is 13.0 Å². The highest BCUT2D eigenvalue weighted by molar-refractivity contribution is 5.80. The Morgan fingerprint density at radius 1 is 1.62 bits per heavy atom. The van der Waals surface area contributed by atoms with E-state index in [-0.39, 0.29) is 11.9 Å². The number of methoxy groups -OCH3 is 1. The van der Waals surface area contributed by atoms with Crippen molar-refractivity contribution in [2.24, 2.45) is 0 Å². The molecule has 0 bridgehead atoms. The lowest BCUT2D eigenvalue weighted by Crippen LogP contribution is -2.48. The SMILES string of the molecule is CNC(=O)C(C)N1CCCC(c2ccnc(COC)n2)C1. The van der Waals surface area contributed by atoms with Crippen LogP contribution < -0.4 is 5.32 Å². The summed E-state index contributed by atoms with van der Waals surface area (Å²) in [5.74, 6) is 1.13. The molecule has 0 saturated carbocycles. The summed E-state index contributed by atoms with van der Waals surface area (Å²) in [4.78, 5) is 22.8. The molecule has 0 aliphatic carbocycles. The number of carbonyl (C=O) groups is 1. The Morgan fingerprint density at radius 3 is 3.14 bits per heavy atom. The van der Waals surface area contributed by atoms with Gasteiger partial charge in [0, 0.05) is 38.5 Å². The van der Waals surface area contributed by atoms with Crippen LogP contribution in [0.4, 0.5) is 0 Å². The second kappa shape index (κ2) is 7.47. The Balaban J connectivity index is 2.06. The Hall–Kier alpha value is -1.53. The first-order valence-electron chi connectivity index (χ1n) is 7.42. The molecule has 2 atom stereocenters. The molecule has 21 heavy (non-hydrogen) atoms. The standard InChI is InChI=1S/C15H24N4O2/c1-11(15(20)16-2)19-8-4-5-12(9-19)13-6-7-17-14(18-13)10-21-3/h6-7,11-12H,4-5,8-10H2,1-3H3,(H,16,20). The van der Waals surface area contributed by atoms with Crippen LogP contribution in [-0.4, -0.2) is 54.1 Å². The first-order chi connectivity index (χ1) is 10.2. The van der Waals surface area contributed by atoms with E-state index in [0.29, 0.717) is 18.3 Å². The normalized spacial score (nSPS) is 21.0. The van der Waals surface area contributed by atoms with Crippen molar-refractivity contribution >= 4 is 5.91 Å². The van der Waals surface area contributed by atoms with Crippen molar-refractivity contribution in [3.05, 3.63) is 23.8 Å². The number of ether oxygens (including phenoxy) is 1. The van der Waals surface area contributed by atoms with E-state index < -0.39 is 0 Å². The first kappa shape index (κ1) is 15.9. The molecule has 6 heteroatoms. The maximum Gasteiger partial charge on any atom is 0.236 e. The monoisotopic (exact) mass is 292 g/mol.